The van der Waals surface area contributed by atoms with Crippen LogP contribution >= 0.6 is 15.9 Å². The van der Waals surface area contributed by atoms with E-state index >= 15 is 0 Å². The molecule has 0 fully saturated rings. The molecule has 0 spiro atoms. The molecule has 1 aromatic heterocycles. The van der Waals surface area contributed by atoms with Gasteiger partial charge in [-0.25, -0.2) is 4.68 Å². The fourth-order valence-electron chi connectivity index (χ4n) is 2.22. The highest BCUT2D eigenvalue weighted by Gasteiger charge is 2.26. The monoisotopic (exact) mass is 352 g/mol. The molecule has 1 atom stereocenters. The maximum Gasteiger partial charge on any atom is 0.333 e. The predicted octanol–water partition coefficient (Wildman–Crippen LogP) is 3.83. The van der Waals surface area contributed by atoms with Crippen LogP contribution in [0.1, 0.15) is 31.1 Å². The normalized spacial score (nSPS) is 12.2. The number of nitrogens with one attached hydrogen (secondary N) is 1. The molecule has 1 aromatic carbocycles. The third-order valence-electron chi connectivity index (χ3n) is 3.31. The van der Waals surface area contributed by atoms with Crippen molar-refractivity contribution in [3.63, 3.8) is 0 Å². The van der Waals surface area contributed by atoms with Crippen LogP contribution < -0.4 is 5.32 Å². The molecule has 0 saturated heterocycles. The summed E-state index contributed by atoms with van der Waals surface area (Å²) < 4.78 is 2.51. The fourth-order valence-corrected chi connectivity index (χ4v) is 2.64. The highest BCUT2D eigenvalue weighted by Crippen LogP contribution is 2.31. The van der Waals surface area contributed by atoms with Gasteiger partial charge < -0.3 is 5.32 Å². The first-order chi connectivity index (χ1) is 9.93. The lowest BCUT2D eigenvalue weighted by Gasteiger charge is -2.15. The van der Waals surface area contributed by atoms with Crippen molar-refractivity contribution in [3.05, 3.63) is 50.1 Å². The lowest BCUT2D eigenvalue weighted by atomic mass is 10.1. The zero-order chi connectivity index (χ0) is 15.6. The maximum absolute atomic E-state index is 11.3. The van der Waals surface area contributed by atoms with Crippen LogP contribution in [-0.2, 0) is 13.5 Å². The molecule has 2 rings (SSSR count). The summed E-state index contributed by atoms with van der Waals surface area (Å²) in [6.45, 7) is 3.82. The van der Waals surface area contributed by atoms with Gasteiger partial charge in [0.15, 0.2) is 0 Å². The second-order valence-electron chi connectivity index (χ2n) is 4.80. The van der Waals surface area contributed by atoms with E-state index in [1.54, 1.807) is 7.05 Å². The van der Waals surface area contributed by atoms with Crippen molar-refractivity contribution in [2.24, 2.45) is 7.05 Å². The third kappa shape index (κ3) is 3.24. The van der Waals surface area contributed by atoms with E-state index in [0.717, 1.165) is 10.0 Å². The van der Waals surface area contributed by atoms with E-state index in [0.29, 0.717) is 17.9 Å². The van der Waals surface area contributed by atoms with Gasteiger partial charge in [-0.3, -0.25) is 10.1 Å². The van der Waals surface area contributed by atoms with Gasteiger partial charge in [0.1, 0.15) is 5.69 Å². The molecular formula is C14H17BrN4O2. The molecule has 0 amide bonds. The molecule has 1 N–H and O–H groups in total. The van der Waals surface area contributed by atoms with E-state index in [-0.39, 0.29) is 16.7 Å². The van der Waals surface area contributed by atoms with Crippen LogP contribution in [-0.4, -0.2) is 14.7 Å². The summed E-state index contributed by atoms with van der Waals surface area (Å²) in [5.74, 6) is 0.435. The van der Waals surface area contributed by atoms with Crippen LogP contribution in [0.5, 0.6) is 0 Å². The van der Waals surface area contributed by atoms with E-state index in [1.807, 2.05) is 38.1 Å². The zero-order valence-electron chi connectivity index (χ0n) is 12.1. The summed E-state index contributed by atoms with van der Waals surface area (Å²) in [5, 5.41) is 18.7. The molecule has 0 radical (unpaired) electrons. The number of rotatable bonds is 5. The standard InChI is InChI=1S/C14H17BrN4O2/c1-4-12-13(19(20)21)14(18(3)17-12)16-9(2)10-6-5-7-11(15)8-10/h5-9,16H,4H2,1-3H3. The van der Waals surface area contributed by atoms with Crippen molar-refractivity contribution in [1.82, 2.24) is 9.78 Å². The molecule has 112 valence electrons. The van der Waals surface area contributed by atoms with E-state index in [2.05, 4.69) is 26.3 Å². The van der Waals surface area contributed by atoms with Gasteiger partial charge in [-0.15, -0.1) is 0 Å². The van der Waals surface area contributed by atoms with E-state index in [9.17, 15) is 10.1 Å². The number of aryl methyl sites for hydroxylation is 2. The SMILES string of the molecule is CCc1nn(C)c(NC(C)c2cccc(Br)c2)c1[N+](=O)[O-]. The van der Waals surface area contributed by atoms with E-state index in [4.69, 9.17) is 0 Å². The summed E-state index contributed by atoms with van der Waals surface area (Å²) in [5.41, 5.74) is 1.59. The summed E-state index contributed by atoms with van der Waals surface area (Å²) in [4.78, 5) is 10.9. The summed E-state index contributed by atoms with van der Waals surface area (Å²) in [6, 6.07) is 7.78. The molecule has 21 heavy (non-hydrogen) atoms. The predicted molar refractivity (Wildman–Crippen MR) is 85.4 cm³/mol. The number of nitrogens with zero attached hydrogens (tertiary/aromatic N) is 3. The minimum Gasteiger partial charge on any atom is -0.358 e. The third-order valence-corrected chi connectivity index (χ3v) is 3.80. The number of nitro groups is 1. The molecule has 6 nitrogen and oxygen atoms in total. The van der Waals surface area contributed by atoms with Gasteiger partial charge in [0.25, 0.3) is 0 Å². The molecular weight excluding hydrogens is 336 g/mol. The van der Waals surface area contributed by atoms with Crippen LogP contribution in [0.4, 0.5) is 11.5 Å². The van der Waals surface area contributed by atoms with Crippen LogP contribution in [0.15, 0.2) is 28.7 Å². The quantitative estimate of drug-likeness (QED) is 0.655. The summed E-state index contributed by atoms with van der Waals surface area (Å²) >= 11 is 3.43. The van der Waals surface area contributed by atoms with Gasteiger partial charge in [0, 0.05) is 11.5 Å². The van der Waals surface area contributed by atoms with Crippen LogP contribution in [0.25, 0.3) is 0 Å². The number of hydrogen-bond acceptors (Lipinski definition) is 4. The Morgan fingerprint density at radius 3 is 2.81 bits per heavy atom. The second kappa shape index (κ2) is 6.26. The van der Waals surface area contributed by atoms with Crippen molar-refractivity contribution in [2.45, 2.75) is 26.3 Å². The van der Waals surface area contributed by atoms with Crippen LogP contribution in [0, 0.1) is 10.1 Å². The van der Waals surface area contributed by atoms with Crippen molar-refractivity contribution in [1.29, 1.82) is 0 Å². The summed E-state index contributed by atoms with van der Waals surface area (Å²) in [6.07, 6.45) is 0.525. The Morgan fingerprint density at radius 1 is 1.52 bits per heavy atom. The molecule has 7 heteroatoms. The average Bonchev–Trinajstić information content (AvgIpc) is 2.75. The van der Waals surface area contributed by atoms with Crippen molar-refractivity contribution >= 4 is 27.4 Å². The minimum absolute atomic E-state index is 0.0573. The summed E-state index contributed by atoms with van der Waals surface area (Å²) in [7, 11) is 1.71. The van der Waals surface area contributed by atoms with Crippen molar-refractivity contribution < 1.29 is 4.92 Å². The van der Waals surface area contributed by atoms with E-state index in [1.165, 1.54) is 4.68 Å². The number of halogens is 1. The first kappa shape index (κ1) is 15.5. The average molecular weight is 353 g/mol. The lowest BCUT2D eigenvalue weighted by Crippen LogP contribution is -2.11. The molecule has 0 saturated carbocycles. The molecule has 0 aliphatic heterocycles. The number of hydrogen-bond donors (Lipinski definition) is 1. The Bertz CT molecular complexity index is 669. The molecule has 0 aliphatic carbocycles. The largest absolute Gasteiger partial charge is 0.358 e. The Kier molecular flexibility index (Phi) is 4.62. The van der Waals surface area contributed by atoms with Gasteiger partial charge in [0.05, 0.1) is 11.0 Å². The number of aromatic nitrogens is 2. The fraction of sp³-hybridized carbons (Fsp3) is 0.357. The minimum atomic E-state index is -0.373. The van der Waals surface area contributed by atoms with Gasteiger partial charge in [-0.1, -0.05) is 35.0 Å². The van der Waals surface area contributed by atoms with Crippen LogP contribution in [0.2, 0.25) is 0 Å². The van der Waals surface area contributed by atoms with Crippen molar-refractivity contribution in [3.8, 4) is 0 Å². The van der Waals surface area contributed by atoms with Crippen LogP contribution in [0.3, 0.4) is 0 Å². The van der Waals surface area contributed by atoms with Gasteiger partial charge >= 0.3 is 5.69 Å². The smallest absolute Gasteiger partial charge is 0.333 e. The molecule has 0 aliphatic rings. The molecule has 1 heterocycles. The molecule has 1 unspecified atom stereocenters. The Labute approximate surface area is 131 Å². The Hall–Kier alpha value is -1.89. The Balaban J connectivity index is 2.35. The van der Waals surface area contributed by atoms with Gasteiger partial charge in [-0.05, 0) is 31.0 Å². The maximum atomic E-state index is 11.3. The Morgan fingerprint density at radius 2 is 2.24 bits per heavy atom. The lowest BCUT2D eigenvalue weighted by molar-refractivity contribution is -0.384. The topological polar surface area (TPSA) is 73.0 Å². The second-order valence-corrected chi connectivity index (χ2v) is 5.71. The number of benzene rings is 1. The van der Waals surface area contributed by atoms with E-state index < -0.39 is 0 Å². The first-order valence-electron chi connectivity index (χ1n) is 6.66. The highest BCUT2D eigenvalue weighted by molar-refractivity contribution is 9.10. The van der Waals surface area contributed by atoms with Crippen molar-refractivity contribution in [2.75, 3.05) is 5.32 Å². The van der Waals surface area contributed by atoms with Gasteiger partial charge in [-0.2, -0.15) is 5.10 Å². The van der Waals surface area contributed by atoms with Gasteiger partial charge in [0.2, 0.25) is 5.82 Å². The zero-order valence-corrected chi connectivity index (χ0v) is 13.7. The first-order valence-corrected chi connectivity index (χ1v) is 7.45. The molecule has 0 bridgehead atoms. The number of anilines is 1. The highest BCUT2D eigenvalue weighted by atomic mass is 79.9. The molecule has 2 aromatic rings.